The second-order valence-electron chi connectivity index (χ2n) is 5.68. The van der Waals surface area contributed by atoms with Gasteiger partial charge in [-0.25, -0.2) is 4.98 Å². The van der Waals surface area contributed by atoms with Gasteiger partial charge in [-0.05, 0) is 66.6 Å². The minimum absolute atomic E-state index is 0.751. The van der Waals surface area contributed by atoms with Gasteiger partial charge in [0.1, 0.15) is 5.82 Å². The number of hydrogen-bond acceptors (Lipinski definition) is 2. The summed E-state index contributed by atoms with van der Waals surface area (Å²) in [6.45, 7) is 3.27. The summed E-state index contributed by atoms with van der Waals surface area (Å²) >= 11 is 3.54. The van der Waals surface area contributed by atoms with Crippen molar-refractivity contribution in [1.29, 1.82) is 0 Å². The quantitative estimate of drug-likeness (QED) is 0.809. The molecule has 1 aromatic rings. The van der Waals surface area contributed by atoms with Gasteiger partial charge >= 0.3 is 0 Å². The summed E-state index contributed by atoms with van der Waals surface area (Å²) in [7, 11) is 0. The van der Waals surface area contributed by atoms with Crippen molar-refractivity contribution in [3.8, 4) is 0 Å². The van der Waals surface area contributed by atoms with Crippen LogP contribution in [0.2, 0.25) is 0 Å². The van der Waals surface area contributed by atoms with Crippen LogP contribution in [0.15, 0.2) is 16.6 Å². The van der Waals surface area contributed by atoms with Crippen molar-refractivity contribution in [3.05, 3.63) is 22.3 Å². The molecule has 1 saturated heterocycles. The third-order valence-electron chi connectivity index (χ3n) is 4.54. The molecule has 1 aliphatic heterocycles. The van der Waals surface area contributed by atoms with E-state index < -0.39 is 0 Å². The van der Waals surface area contributed by atoms with Crippen LogP contribution >= 0.6 is 15.9 Å². The standard InChI is InChI=1S/C15H21BrN2/c1-11-13(16)8-9-15(17-11)18-10-4-7-14(18)12-5-2-3-6-12/h8-9,12,14H,2-7,10H2,1H3. The molecule has 2 fully saturated rings. The molecule has 2 aliphatic rings. The van der Waals surface area contributed by atoms with Gasteiger partial charge < -0.3 is 4.90 Å². The highest BCUT2D eigenvalue weighted by molar-refractivity contribution is 9.10. The average Bonchev–Trinajstić information content (AvgIpc) is 3.00. The summed E-state index contributed by atoms with van der Waals surface area (Å²) in [5.41, 5.74) is 1.10. The summed E-state index contributed by atoms with van der Waals surface area (Å²) in [5.74, 6) is 2.10. The van der Waals surface area contributed by atoms with Gasteiger partial charge in [-0.1, -0.05) is 12.8 Å². The van der Waals surface area contributed by atoms with Gasteiger partial charge in [-0.2, -0.15) is 0 Å². The zero-order valence-corrected chi connectivity index (χ0v) is 12.6. The van der Waals surface area contributed by atoms with E-state index >= 15 is 0 Å². The van der Waals surface area contributed by atoms with Crippen LogP contribution in [0.25, 0.3) is 0 Å². The molecule has 1 atom stereocenters. The normalized spacial score (nSPS) is 25.0. The van der Waals surface area contributed by atoms with E-state index in [0.29, 0.717) is 0 Å². The maximum atomic E-state index is 4.76. The molecule has 0 spiro atoms. The highest BCUT2D eigenvalue weighted by Crippen LogP contribution is 2.37. The Morgan fingerprint density at radius 3 is 2.67 bits per heavy atom. The molecule has 2 heterocycles. The highest BCUT2D eigenvalue weighted by atomic mass is 79.9. The molecule has 0 bridgehead atoms. The first-order chi connectivity index (χ1) is 8.75. The van der Waals surface area contributed by atoms with Crippen LogP contribution in [0.1, 0.15) is 44.2 Å². The Hall–Kier alpha value is -0.570. The van der Waals surface area contributed by atoms with Gasteiger partial charge in [0.05, 0.1) is 5.69 Å². The number of anilines is 1. The molecular weight excluding hydrogens is 288 g/mol. The fourth-order valence-corrected chi connectivity index (χ4v) is 3.82. The Morgan fingerprint density at radius 2 is 1.94 bits per heavy atom. The second kappa shape index (κ2) is 5.20. The topological polar surface area (TPSA) is 16.1 Å². The van der Waals surface area contributed by atoms with Crippen LogP contribution in [0.3, 0.4) is 0 Å². The minimum Gasteiger partial charge on any atom is -0.353 e. The molecular formula is C15H21BrN2. The molecule has 0 aromatic carbocycles. The van der Waals surface area contributed by atoms with Crippen LogP contribution in [-0.2, 0) is 0 Å². The maximum Gasteiger partial charge on any atom is 0.129 e. The van der Waals surface area contributed by atoms with E-state index in [1.54, 1.807) is 0 Å². The molecule has 2 nitrogen and oxygen atoms in total. The van der Waals surface area contributed by atoms with Gasteiger partial charge in [0, 0.05) is 17.1 Å². The predicted molar refractivity (Wildman–Crippen MR) is 79.0 cm³/mol. The second-order valence-corrected chi connectivity index (χ2v) is 6.54. The van der Waals surface area contributed by atoms with Crippen LogP contribution in [0.4, 0.5) is 5.82 Å². The van der Waals surface area contributed by atoms with Crippen molar-refractivity contribution in [1.82, 2.24) is 4.98 Å². The number of nitrogens with zero attached hydrogens (tertiary/aromatic N) is 2. The van der Waals surface area contributed by atoms with E-state index in [-0.39, 0.29) is 0 Å². The van der Waals surface area contributed by atoms with Crippen molar-refractivity contribution < 1.29 is 0 Å². The smallest absolute Gasteiger partial charge is 0.129 e. The number of hydrogen-bond donors (Lipinski definition) is 0. The molecule has 1 saturated carbocycles. The number of pyridine rings is 1. The summed E-state index contributed by atoms with van der Waals surface area (Å²) in [6.07, 6.45) is 8.41. The molecule has 0 N–H and O–H groups in total. The SMILES string of the molecule is Cc1nc(N2CCCC2C2CCCC2)ccc1Br. The lowest BCUT2D eigenvalue weighted by molar-refractivity contribution is 0.429. The Labute approximate surface area is 118 Å². The van der Waals surface area contributed by atoms with E-state index in [4.69, 9.17) is 4.98 Å². The van der Waals surface area contributed by atoms with E-state index in [2.05, 4.69) is 39.9 Å². The third kappa shape index (κ3) is 2.29. The molecule has 3 heteroatoms. The van der Waals surface area contributed by atoms with Crippen molar-refractivity contribution in [2.75, 3.05) is 11.4 Å². The number of aryl methyl sites for hydroxylation is 1. The summed E-state index contributed by atoms with van der Waals surface area (Å²) in [5, 5.41) is 0. The van der Waals surface area contributed by atoms with E-state index in [1.807, 2.05) is 0 Å². The Bertz CT molecular complexity index is 427. The van der Waals surface area contributed by atoms with Crippen LogP contribution in [0, 0.1) is 12.8 Å². The Kier molecular flexibility index (Phi) is 3.60. The zero-order chi connectivity index (χ0) is 12.5. The van der Waals surface area contributed by atoms with E-state index in [1.165, 1.54) is 50.9 Å². The van der Waals surface area contributed by atoms with Gasteiger partial charge in [0.15, 0.2) is 0 Å². The average molecular weight is 309 g/mol. The largest absolute Gasteiger partial charge is 0.353 e. The van der Waals surface area contributed by atoms with Crippen LogP contribution in [-0.4, -0.2) is 17.6 Å². The molecule has 0 amide bonds. The summed E-state index contributed by atoms with van der Waals surface area (Å²) < 4.78 is 1.11. The lowest BCUT2D eigenvalue weighted by Gasteiger charge is -2.30. The monoisotopic (exact) mass is 308 g/mol. The molecule has 1 unspecified atom stereocenters. The first-order valence-electron chi connectivity index (χ1n) is 7.15. The number of aromatic nitrogens is 1. The fourth-order valence-electron chi connectivity index (χ4n) is 3.60. The van der Waals surface area contributed by atoms with Crippen LogP contribution < -0.4 is 4.90 Å². The molecule has 98 valence electrons. The van der Waals surface area contributed by atoms with Crippen molar-refractivity contribution >= 4 is 21.7 Å². The summed E-state index contributed by atoms with van der Waals surface area (Å²) in [4.78, 5) is 7.32. The lowest BCUT2D eigenvalue weighted by atomic mass is 9.96. The lowest BCUT2D eigenvalue weighted by Crippen LogP contribution is -2.35. The Balaban J connectivity index is 1.82. The molecule has 3 rings (SSSR count). The van der Waals surface area contributed by atoms with Crippen molar-refractivity contribution in [2.45, 2.75) is 51.5 Å². The summed E-state index contributed by atoms with van der Waals surface area (Å²) in [6, 6.07) is 5.06. The maximum absolute atomic E-state index is 4.76. The zero-order valence-electron chi connectivity index (χ0n) is 11.0. The van der Waals surface area contributed by atoms with Crippen molar-refractivity contribution in [2.24, 2.45) is 5.92 Å². The minimum atomic E-state index is 0.751. The van der Waals surface area contributed by atoms with Gasteiger partial charge in [-0.3, -0.25) is 0 Å². The fraction of sp³-hybridized carbons (Fsp3) is 0.667. The van der Waals surface area contributed by atoms with Crippen molar-refractivity contribution in [3.63, 3.8) is 0 Å². The van der Waals surface area contributed by atoms with Gasteiger partial charge in [-0.15, -0.1) is 0 Å². The number of halogens is 1. The molecule has 0 radical (unpaired) electrons. The van der Waals surface area contributed by atoms with Gasteiger partial charge in [0.25, 0.3) is 0 Å². The first kappa shape index (κ1) is 12.5. The van der Waals surface area contributed by atoms with Crippen LogP contribution in [0.5, 0.6) is 0 Å². The number of rotatable bonds is 2. The van der Waals surface area contributed by atoms with E-state index in [9.17, 15) is 0 Å². The highest BCUT2D eigenvalue weighted by Gasteiger charge is 2.33. The predicted octanol–water partition coefficient (Wildman–Crippen LogP) is 4.31. The Morgan fingerprint density at radius 1 is 1.17 bits per heavy atom. The molecule has 1 aromatic heterocycles. The van der Waals surface area contributed by atoms with Gasteiger partial charge in [0.2, 0.25) is 0 Å². The molecule has 1 aliphatic carbocycles. The van der Waals surface area contributed by atoms with E-state index in [0.717, 1.165) is 22.1 Å². The first-order valence-corrected chi connectivity index (χ1v) is 7.95. The molecule has 18 heavy (non-hydrogen) atoms. The third-order valence-corrected chi connectivity index (χ3v) is 5.38.